The Labute approximate surface area is 172 Å². The van der Waals surface area contributed by atoms with Crippen molar-refractivity contribution in [3.63, 3.8) is 0 Å². The van der Waals surface area contributed by atoms with Crippen LogP contribution in [0.2, 0.25) is 0 Å². The number of carbonyl (C=O) groups excluding carboxylic acids is 1. The molecule has 3 aromatic rings. The van der Waals surface area contributed by atoms with E-state index in [0.717, 1.165) is 28.3 Å². The standard InChI is InChI=1S/C21H21N3O2S2/c1-24-16(11-23-21(25)15-6-8-28-13-15)10-22-20(14-5-7-27-12-14)18-4-3-17(26-2)9-19(18)24/h3-9,12-13,16H,10-11H2,1-2H3,(H,23,25). The highest BCUT2D eigenvalue weighted by atomic mass is 32.1. The molecule has 2 aromatic heterocycles. The molecule has 0 saturated carbocycles. The second-order valence-corrected chi connectivity index (χ2v) is 8.13. The van der Waals surface area contributed by atoms with Crippen LogP contribution in [0.3, 0.4) is 0 Å². The molecule has 0 saturated heterocycles. The maximum Gasteiger partial charge on any atom is 0.252 e. The summed E-state index contributed by atoms with van der Waals surface area (Å²) in [6.07, 6.45) is 0. The van der Waals surface area contributed by atoms with Gasteiger partial charge in [0.15, 0.2) is 0 Å². The molecule has 3 heterocycles. The molecule has 5 nitrogen and oxygen atoms in total. The Hall–Kier alpha value is -2.64. The van der Waals surface area contributed by atoms with Crippen LogP contribution in [0.5, 0.6) is 5.75 Å². The van der Waals surface area contributed by atoms with E-state index in [4.69, 9.17) is 9.73 Å². The molecule has 1 aromatic carbocycles. The lowest BCUT2D eigenvalue weighted by molar-refractivity contribution is 0.0952. The zero-order valence-electron chi connectivity index (χ0n) is 15.7. The predicted molar refractivity (Wildman–Crippen MR) is 117 cm³/mol. The number of nitrogens with one attached hydrogen (secondary N) is 1. The Morgan fingerprint density at radius 1 is 1.25 bits per heavy atom. The lowest BCUT2D eigenvalue weighted by Crippen LogP contribution is -2.43. The third kappa shape index (κ3) is 3.68. The van der Waals surface area contributed by atoms with Gasteiger partial charge in [0, 0.05) is 52.8 Å². The summed E-state index contributed by atoms with van der Waals surface area (Å²) in [6, 6.07) is 10.0. The minimum atomic E-state index is -0.0493. The highest BCUT2D eigenvalue weighted by Gasteiger charge is 2.25. The Kier molecular flexibility index (Phi) is 5.45. The monoisotopic (exact) mass is 411 g/mol. The SMILES string of the molecule is COc1ccc2c(c1)N(C)C(CNC(=O)c1ccsc1)CN=C2c1ccsc1. The molecule has 1 aliphatic rings. The number of amides is 1. The molecular weight excluding hydrogens is 390 g/mol. The zero-order chi connectivity index (χ0) is 19.5. The maximum atomic E-state index is 12.4. The van der Waals surface area contributed by atoms with E-state index in [1.807, 2.05) is 36.0 Å². The lowest BCUT2D eigenvalue weighted by atomic mass is 10.0. The Morgan fingerprint density at radius 3 is 2.79 bits per heavy atom. The number of benzodiazepines with no additional fused rings is 1. The van der Waals surface area contributed by atoms with Gasteiger partial charge in [-0.05, 0) is 35.0 Å². The number of rotatable bonds is 5. The van der Waals surface area contributed by atoms with Crippen molar-refractivity contribution in [3.05, 3.63) is 68.5 Å². The van der Waals surface area contributed by atoms with Crippen LogP contribution >= 0.6 is 22.7 Å². The molecule has 0 fully saturated rings. The van der Waals surface area contributed by atoms with E-state index in [9.17, 15) is 4.79 Å². The second kappa shape index (κ2) is 8.16. The normalized spacial score (nSPS) is 16.1. The van der Waals surface area contributed by atoms with Crippen LogP contribution in [0.15, 0.2) is 56.8 Å². The lowest BCUT2D eigenvalue weighted by Gasteiger charge is -2.29. The molecule has 0 radical (unpaired) electrons. The molecule has 1 N–H and O–H groups in total. The molecule has 144 valence electrons. The fourth-order valence-electron chi connectivity index (χ4n) is 3.29. The van der Waals surface area contributed by atoms with Crippen molar-refractivity contribution in [1.82, 2.24) is 5.32 Å². The summed E-state index contributed by atoms with van der Waals surface area (Å²) in [5.41, 5.74) is 4.93. The highest BCUT2D eigenvalue weighted by molar-refractivity contribution is 7.08. The first-order chi connectivity index (χ1) is 13.7. The van der Waals surface area contributed by atoms with Gasteiger partial charge in [-0.1, -0.05) is 0 Å². The number of likely N-dealkylation sites (N-methyl/N-ethyl adjacent to an activating group) is 1. The smallest absolute Gasteiger partial charge is 0.252 e. The fraction of sp³-hybridized carbons (Fsp3) is 0.238. The van der Waals surface area contributed by atoms with Crippen LogP contribution < -0.4 is 15.0 Å². The first-order valence-electron chi connectivity index (χ1n) is 8.96. The zero-order valence-corrected chi connectivity index (χ0v) is 17.3. The van der Waals surface area contributed by atoms with Crippen molar-refractivity contribution in [1.29, 1.82) is 0 Å². The molecule has 4 rings (SSSR count). The molecule has 0 spiro atoms. The third-order valence-electron chi connectivity index (χ3n) is 4.92. The van der Waals surface area contributed by atoms with E-state index in [0.29, 0.717) is 18.7 Å². The van der Waals surface area contributed by atoms with Crippen molar-refractivity contribution < 1.29 is 9.53 Å². The first-order valence-corrected chi connectivity index (χ1v) is 10.8. The van der Waals surface area contributed by atoms with Gasteiger partial charge in [-0.2, -0.15) is 22.7 Å². The van der Waals surface area contributed by atoms with Gasteiger partial charge in [0.25, 0.3) is 5.91 Å². The van der Waals surface area contributed by atoms with Crippen LogP contribution in [0, 0.1) is 0 Å². The van der Waals surface area contributed by atoms with Gasteiger partial charge < -0.3 is 15.0 Å². The van der Waals surface area contributed by atoms with Crippen LogP contribution in [0.1, 0.15) is 21.5 Å². The maximum absolute atomic E-state index is 12.4. The number of thiophene rings is 2. The van der Waals surface area contributed by atoms with Gasteiger partial charge in [0.1, 0.15) is 5.75 Å². The number of aliphatic imine (C=N–C) groups is 1. The molecule has 0 aliphatic carbocycles. The van der Waals surface area contributed by atoms with Gasteiger partial charge in [-0.15, -0.1) is 0 Å². The predicted octanol–water partition coefficient (Wildman–Crippen LogP) is 3.90. The summed E-state index contributed by atoms with van der Waals surface area (Å²) in [6.45, 7) is 1.12. The van der Waals surface area contributed by atoms with E-state index >= 15 is 0 Å². The number of benzene rings is 1. The van der Waals surface area contributed by atoms with Crippen LogP contribution in [0.4, 0.5) is 5.69 Å². The minimum Gasteiger partial charge on any atom is -0.497 e. The minimum absolute atomic E-state index is 0.0459. The van der Waals surface area contributed by atoms with Gasteiger partial charge in [0.2, 0.25) is 0 Å². The van der Waals surface area contributed by atoms with Crippen molar-refractivity contribution in [2.45, 2.75) is 6.04 Å². The summed E-state index contributed by atoms with van der Waals surface area (Å²) in [5.74, 6) is 0.755. The Morgan fingerprint density at radius 2 is 2.07 bits per heavy atom. The first kappa shape index (κ1) is 18.7. The molecular formula is C21H21N3O2S2. The van der Waals surface area contributed by atoms with Crippen LogP contribution in [-0.4, -0.2) is 44.9 Å². The second-order valence-electron chi connectivity index (χ2n) is 6.57. The van der Waals surface area contributed by atoms with Gasteiger partial charge >= 0.3 is 0 Å². The number of hydrogen-bond acceptors (Lipinski definition) is 6. The molecule has 1 unspecified atom stereocenters. The number of carbonyl (C=O) groups is 1. The van der Waals surface area contributed by atoms with E-state index in [-0.39, 0.29) is 11.9 Å². The summed E-state index contributed by atoms with van der Waals surface area (Å²) in [4.78, 5) is 19.5. The molecule has 0 bridgehead atoms. The Balaban J connectivity index is 1.64. The molecule has 1 aliphatic heterocycles. The number of hydrogen-bond donors (Lipinski definition) is 1. The topological polar surface area (TPSA) is 53.9 Å². The molecule has 1 atom stereocenters. The molecule has 1 amide bonds. The van der Waals surface area contributed by atoms with Crippen LogP contribution in [0.25, 0.3) is 0 Å². The van der Waals surface area contributed by atoms with Crippen LogP contribution in [-0.2, 0) is 0 Å². The quantitative estimate of drug-likeness (QED) is 0.693. The van der Waals surface area contributed by atoms with E-state index < -0.39 is 0 Å². The van der Waals surface area contributed by atoms with Crippen molar-refractivity contribution >= 4 is 40.0 Å². The fourth-order valence-corrected chi connectivity index (χ4v) is 4.56. The summed E-state index contributed by atoms with van der Waals surface area (Å²) >= 11 is 3.18. The van der Waals surface area contributed by atoms with Crippen molar-refractivity contribution in [3.8, 4) is 5.75 Å². The highest BCUT2D eigenvalue weighted by Crippen LogP contribution is 2.31. The summed E-state index contributed by atoms with van der Waals surface area (Å²) in [5, 5.41) is 11.0. The molecule has 28 heavy (non-hydrogen) atoms. The average molecular weight is 412 g/mol. The third-order valence-corrected chi connectivity index (χ3v) is 6.29. The number of methoxy groups -OCH3 is 1. The van der Waals surface area contributed by atoms with E-state index in [2.05, 4.69) is 33.1 Å². The van der Waals surface area contributed by atoms with Gasteiger partial charge in [0.05, 0.1) is 25.4 Å². The summed E-state index contributed by atoms with van der Waals surface area (Å²) in [7, 11) is 3.72. The number of anilines is 1. The summed E-state index contributed by atoms with van der Waals surface area (Å²) < 4.78 is 5.44. The molecule has 7 heteroatoms. The number of nitrogens with zero attached hydrogens (tertiary/aromatic N) is 2. The van der Waals surface area contributed by atoms with Crippen molar-refractivity contribution in [2.24, 2.45) is 4.99 Å². The average Bonchev–Trinajstić information content (AvgIpc) is 3.42. The Bertz CT molecular complexity index is 981. The van der Waals surface area contributed by atoms with Gasteiger partial charge in [-0.3, -0.25) is 9.79 Å². The largest absolute Gasteiger partial charge is 0.497 e. The van der Waals surface area contributed by atoms with Crippen molar-refractivity contribution in [2.75, 3.05) is 32.1 Å². The number of ether oxygens (including phenoxy) is 1. The van der Waals surface area contributed by atoms with Gasteiger partial charge in [-0.25, -0.2) is 0 Å². The number of fused-ring (bicyclic) bond motifs is 1. The van der Waals surface area contributed by atoms with E-state index in [1.165, 1.54) is 11.3 Å². The van der Waals surface area contributed by atoms with E-state index in [1.54, 1.807) is 18.4 Å².